The fourth-order valence-corrected chi connectivity index (χ4v) is 4.17. The van der Waals surface area contributed by atoms with E-state index in [0.29, 0.717) is 45.6 Å². The molecule has 158 valence electrons. The number of ether oxygens (including phenoxy) is 3. The summed E-state index contributed by atoms with van der Waals surface area (Å²) in [5.41, 5.74) is 1.41. The Hall–Kier alpha value is -2.93. The first-order valence-electron chi connectivity index (χ1n) is 9.66. The Balaban J connectivity index is 2.10. The van der Waals surface area contributed by atoms with Crippen molar-refractivity contribution in [3.05, 3.63) is 52.9 Å². The summed E-state index contributed by atoms with van der Waals surface area (Å²) in [6, 6.07) is 12.2. The molecule has 0 bridgehead atoms. The lowest BCUT2D eigenvalue weighted by atomic mass is 10.1. The predicted molar refractivity (Wildman–Crippen MR) is 119 cm³/mol. The van der Waals surface area contributed by atoms with Gasteiger partial charge in [0.25, 0.3) is 11.8 Å². The third-order valence-electron chi connectivity index (χ3n) is 4.48. The van der Waals surface area contributed by atoms with E-state index in [0.717, 1.165) is 4.90 Å². The van der Waals surface area contributed by atoms with E-state index >= 15 is 0 Å². The van der Waals surface area contributed by atoms with Crippen LogP contribution in [0.3, 0.4) is 0 Å². The van der Waals surface area contributed by atoms with Crippen LogP contribution in [0, 0.1) is 0 Å². The zero-order valence-electron chi connectivity index (χ0n) is 17.7. The molecule has 0 N–H and O–H groups in total. The van der Waals surface area contributed by atoms with Crippen LogP contribution in [0.4, 0.5) is 5.69 Å². The van der Waals surface area contributed by atoms with Crippen LogP contribution in [0.25, 0.3) is 5.57 Å². The van der Waals surface area contributed by atoms with Crippen molar-refractivity contribution in [2.24, 2.45) is 0 Å². The van der Waals surface area contributed by atoms with Gasteiger partial charge in [-0.05, 0) is 36.8 Å². The SMILES string of the molecule is CCOc1ccc(C2=C(SC(C)C)C(=O)N(c3cc(OC)ccc3OC)C2=O)cc1. The molecule has 2 aromatic rings. The van der Waals surface area contributed by atoms with Crippen molar-refractivity contribution in [1.82, 2.24) is 0 Å². The number of rotatable bonds is 8. The van der Waals surface area contributed by atoms with Crippen molar-refractivity contribution in [2.45, 2.75) is 26.0 Å². The quantitative estimate of drug-likeness (QED) is 0.577. The van der Waals surface area contributed by atoms with Crippen molar-refractivity contribution < 1.29 is 23.8 Å². The molecule has 1 heterocycles. The second-order valence-corrected chi connectivity index (χ2v) is 8.40. The number of hydrogen-bond donors (Lipinski definition) is 0. The number of hydrogen-bond acceptors (Lipinski definition) is 6. The number of carbonyl (C=O) groups is 2. The topological polar surface area (TPSA) is 65.1 Å². The number of methoxy groups -OCH3 is 2. The molecule has 0 saturated heterocycles. The highest BCUT2D eigenvalue weighted by Gasteiger charge is 2.41. The van der Waals surface area contributed by atoms with Crippen molar-refractivity contribution in [3.8, 4) is 17.2 Å². The van der Waals surface area contributed by atoms with Crippen LogP contribution in [0.5, 0.6) is 17.2 Å². The molecule has 2 aromatic carbocycles. The molecule has 0 aliphatic carbocycles. The van der Waals surface area contributed by atoms with E-state index in [2.05, 4.69) is 0 Å². The largest absolute Gasteiger partial charge is 0.497 e. The Morgan fingerprint density at radius 3 is 2.17 bits per heavy atom. The van der Waals surface area contributed by atoms with E-state index in [-0.39, 0.29) is 17.1 Å². The Kier molecular flexibility index (Phi) is 6.72. The molecule has 0 aromatic heterocycles. The predicted octanol–water partition coefficient (Wildman–Crippen LogP) is 4.53. The Morgan fingerprint density at radius 1 is 0.933 bits per heavy atom. The molecule has 3 rings (SSSR count). The monoisotopic (exact) mass is 427 g/mol. The number of thioether (sulfide) groups is 1. The van der Waals surface area contributed by atoms with Gasteiger partial charge in [0.2, 0.25) is 0 Å². The molecule has 0 unspecified atom stereocenters. The summed E-state index contributed by atoms with van der Waals surface area (Å²) in [7, 11) is 3.03. The van der Waals surface area contributed by atoms with E-state index in [4.69, 9.17) is 14.2 Å². The van der Waals surface area contributed by atoms with Crippen LogP contribution in [-0.2, 0) is 9.59 Å². The average Bonchev–Trinajstić information content (AvgIpc) is 2.97. The van der Waals surface area contributed by atoms with Crippen molar-refractivity contribution in [3.63, 3.8) is 0 Å². The molecular weight excluding hydrogens is 402 g/mol. The summed E-state index contributed by atoms with van der Waals surface area (Å²) >= 11 is 1.38. The van der Waals surface area contributed by atoms with Gasteiger partial charge in [-0.15, -0.1) is 11.8 Å². The number of carbonyl (C=O) groups excluding carboxylic acids is 2. The zero-order valence-corrected chi connectivity index (χ0v) is 18.5. The number of imide groups is 1. The lowest BCUT2D eigenvalue weighted by molar-refractivity contribution is -0.119. The maximum absolute atomic E-state index is 13.5. The number of anilines is 1. The molecule has 30 heavy (non-hydrogen) atoms. The molecule has 1 aliphatic rings. The van der Waals surface area contributed by atoms with Gasteiger partial charge in [-0.3, -0.25) is 9.59 Å². The first kappa shape index (κ1) is 21.8. The minimum Gasteiger partial charge on any atom is -0.497 e. The van der Waals surface area contributed by atoms with Gasteiger partial charge in [-0.1, -0.05) is 26.0 Å². The van der Waals surface area contributed by atoms with Crippen LogP contribution < -0.4 is 19.1 Å². The highest BCUT2D eigenvalue weighted by atomic mass is 32.2. The Bertz CT molecular complexity index is 982. The minimum atomic E-state index is -0.390. The van der Waals surface area contributed by atoms with Crippen LogP contribution in [0.15, 0.2) is 47.4 Å². The summed E-state index contributed by atoms with van der Waals surface area (Å²) in [5.74, 6) is 0.898. The molecule has 0 saturated carbocycles. The maximum atomic E-state index is 13.5. The second kappa shape index (κ2) is 9.26. The third-order valence-corrected chi connectivity index (χ3v) is 5.56. The number of nitrogens with zero attached hydrogens (tertiary/aromatic N) is 1. The fraction of sp³-hybridized carbons (Fsp3) is 0.304. The Labute approximate surface area is 180 Å². The summed E-state index contributed by atoms with van der Waals surface area (Å²) < 4.78 is 16.2. The van der Waals surface area contributed by atoms with Gasteiger partial charge in [0.05, 0.1) is 37.0 Å². The van der Waals surface area contributed by atoms with E-state index in [1.54, 1.807) is 42.5 Å². The van der Waals surface area contributed by atoms with Crippen LogP contribution in [0.2, 0.25) is 0 Å². The first-order chi connectivity index (χ1) is 14.4. The highest BCUT2D eigenvalue weighted by molar-refractivity contribution is 8.04. The number of amides is 2. The normalized spacial score (nSPS) is 14.0. The standard InChI is InChI=1S/C23H25NO5S/c1-6-29-16-9-7-15(8-10-16)20-21(30-14(2)3)23(26)24(22(20)25)18-13-17(27-4)11-12-19(18)28-5/h7-14H,6H2,1-5H3. The average molecular weight is 428 g/mol. The van der Waals surface area contributed by atoms with Gasteiger partial charge in [-0.25, -0.2) is 4.90 Å². The van der Waals surface area contributed by atoms with E-state index in [1.165, 1.54) is 26.0 Å². The summed E-state index contributed by atoms with van der Waals surface area (Å²) in [5, 5.41) is 0.126. The molecule has 0 radical (unpaired) electrons. The van der Waals surface area contributed by atoms with Gasteiger partial charge < -0.3 is 14.2 Å². The lowest BCUT2D eigenvalue weighted by Gasteiger charge is -2.19. The molecule has 0 atom stereocenters. The molecule has 1 aliphatic heterocycles. The van der Waals surface area contributed by atoms with Crippen LogP contribution in [-0.4, -0.2) is 37.9 Å². The van der Waals surface area contributed by atoms with E-state index in [1.807, 2.05) is 20.8 Å². The van der Waals surface area contributed by atoms with Crippen LogP contribution in [0.1, 0.15) is 26.3 Å². The smallest absolute Gasteiger partial charge is 0.272 e. The zero-order chi connectivity index (χ0) is 21.8. The van der Waals surface area contributed by atoms with Crippen molar-refractivity contribution >= 4 is 34.8 Å². The summed E-state index contributed by atoms with van der Waals surface area (Å²) in [6.45, 7) is 6.43. The fourth-order valence-electron chi connectivity index (χ4n) is 3.18. The molecule has 6 nitrogen and oxygen atoms in total. The first-order valence-corrected chi connectivity index (χ1v) is 10.5. The molecule has 2 amide bonds. The molecule has 0 spiro atoms. The lowest BCUT2D eigenvalue weighted by Crippen LogP contribution is -2.31. The minimum absolute atomic E-state index is 0.126. The van der Waals surface area contributed by atoms with Gasteiger partial charge in [-0.2, -0.15) is 0 Å². The molecular formula is C23H25NO5S. The van der Waals surface area contributed by atoms with Gasteiger partial charge in [0.15, 0.2) is 0 Å². The van der Waals surface area contributed by atoms with E-state index < -0.39 is 0 Å². The van der Waals surface area contributed by atoms with Gasteiger partial charge >= 0.3 is 0 Å². The summed E-state index contributed by atoms with van der Waals surface area (Å²) in [6.07, 6.45) is 0. The molecule has 0 fully saturated rings. The molecule has 7 heteroatoms. The highest BCUT2D eigenvalue weighted by Crippen LogP contribution is 2.43. The summed E-state index contributed by atoms with van der Waals surface area (Å²) in [4.78, 5) is 28.5. The maximum Gasteiger partial charge on any atom is 0.272 e. The second-order valence-electron chi connectivity index (χ2n) is 6.81. The Morgan fingerprint density at radius 2 is 1.60 bits per heavy atom. The van der Waals surface area contributed by atoms with E-state index in [9.17, 15) is 9.59 Å². The number of benzene rings is 2. The van der Waals surface area contributed by atoms with Gasteiger partial charge in [0.1, 0.15) is 17.2 Å². The van der Waals surface area contributed by atoms with Gasteiger partial charge in [0, 0.05) is 11.3 Å². The van der Waals surface area contributed by atoms with Crippen molar-refractivity contribution in [2.75, 3.05) is 25.7 Å². The van der Waals surface area contributed by atoms with Crippen LogP contribution >= 0.6 is 11.8 Å². The third kappa shape index (κ3) is 4.16. The van der Waals surface area contributed by atoms with Crippen molar-refractivity contribution in [1.29, 1.82) is 0 Å².